The van der Waals surface area contributed by atoms with E-state index in [-0.39, 0.29) is 12.2 Å². The third-order valence-corrected chi connectivity index (χ3v) is 4.93. The molecule has 0 atom stereocenters. The number of nitrogens with zero attached hydrogens (tertiary/aromatic N) is 2. The van der Waals surface area contributed by atoms with Gasteiger partial charge < -0.3 is 10.0 Å². The summed E-state index contributed by atoms with van der Waals surface area (Å²) in [4.78, 5) is 10.7. The van der Waals surface area contributed by atoms with Gasteiger partial charge in [0.15, 0.2) is 9.84 Å². The van der Waals surface area contributed by atoms with Crippen LogP contribution in [0.4, 0.5) is 0 Å². The van der Waals surface area contributed by atoms with Gasteiger partial charge in [-0.15, -0.1) is 0 Å². The van der Waals surface area contributed by atoms with Crippen molar-refractivity contribution in [1.82, 2.24) is 15.1 Å². The third kappa shape index (κ3) is 6.21. The summed E-state index contributed by atoms with van der Waals surface area (Å²) >= 11 is 0. The predicted molar refractivity (Wildman–Crippen MR) is 86.8 cm³/mol. The fourth-order valence-corrected chi connectivity index (χ4v) is 3.29. The van der Waals surface area contributed by atoms with Crippen molar-refractivity contribution < 1.29 is 18.3 Å². The lowest BCUT2D eigenvalue weighted by molar-refractivity contribution is -0.122. The number of aromatic nitrogens is 2. The molecule has 1 aromatic carbocycles. The highest BCUT2D eigenvalue weighted by Gasteiger charge is 2.15. The molecule has 2 rings (SSSR count). The van der Waals surface area contributed by atoms with Gasteiger partial charge in [-0.25, -0.2) is 8.42 Å². The largest absolute Gasteiger partial charge is 0.483 e. The Kier molecular flexibility index (Phi) is 7.43. The number of nitrogens with one attached hydrogen (secondary N) is 1. The average Bonchev–Trinajstić information content (AvgIpc) is 2.92. The minimum absolute atomic E-state index is 0.115. The van der Waals surface area contributed by atoms with Crippen molar-refractivity contribution in [3.05, 3.63) is 47.8 Å². The van der Waals surface area contributed by atoms with Crippen molar-refractivity contribution in [3.8, 4) is 0 Å². The van der Waals surface area contributed by atoms with Crippen LogP contribution in [0.2, 0.25) is 0 Å². The van der Waals surface area contributed by atoms with E-state index in [9.17, 15) is 8.42 Å². The number of carboxylic acid groups (broad SMARTS) is 1. The molecule has 2 N–H and O–H groups in total. The minimum Gasteiger partial charge on any atom is -0.483 e. The van der Waals surface area contributed by atoms with E-state index in [2.05, 4.69) is 10.2 Å². The molecule has 0 saturated carbocycles. The highest BCUT2D eigenvalue weighted by Crippen LogP contribution is 2.11. The first kappa shape index (κ1) is 18.9. The van der Waals surface area contributed by atoms with Crippen molar-refractivity contribution in [2.24, 2.45) is 0 Å². The lowest BCUT2D eigenvalue weighted by Gasteiger charge is -2.16. The van der Waals surface area contributed by atoms with Gasteiger partial charge in [0, 0.05) is 24.3 Å². The lowest BCUT2D eigenvalue weighted by atomic mass is 10.2. The van der Waals surface area contributed by atoms with E-state index in [0.29, 0.717) is 18.0 Å². The van der Waals surface area contributed by atoms with Crippen LogP contribution in [0.25, 0.3) is 0 Å². The Morgan fingerprint density at radius 2 is 1.91 bits per heavy atom. The van der Waals surface area contributed by atoms with Crippen LogP contribution in [-0.2, 0) is 21.2 Å². The van der Waals surface area contributed by atoms with Gasteiger partial charge in [0.05, 0.1) is 16.8 Å². The monoisotopic (exact) mass is 339 g/mol. The molecule has 0 aliphatic rings. The lowest BCUT2D eigenvalue weighted by Crippen LogP contribution is -2.25. The maximum Gasteiger partial charge on any atom is 0.290 e. The van der Waals surface area contributed by atoms with Crippen LogP contribution in [0, 0.1) is 6.92 Å². The van der Waals surface area contributed by atoms with Crippen LogP contribution in [0.1, 0.15) is 11.3 Å². The topological polar surface area (TPSA) is 103 Å². The van der Waals surface area contributed by atoms with E-state index in [1.807, 2.05) is 24.9 Å². The molecule has 7 nitrogen and oxygen atoms in total. The van der Waals surface area contributed by atoms with E-state index in [1.165, 1.54) is 0 Å². The second-order valence-corrected chi connectivity index (χ2v) is 7.10. The minimum atomic E-state index is -3.21. The molecule has 0 saturated heterocycles. The van der Waals surface area contributed by atoms with Crippen LogP contribution in [0.3, 0.4) is 0 Å². The molecule has 23 heavy (non-hydrogen) atoms. The van der Waals surface area contributed by atoms with E-state index >= 15 is 0 Å². The molecular weight excluding hydrogens is 318 g/mol. The fraction of sp³-hybridized carbons (Fsp3) is 0.333. The number of carbonyl (C=O) groups is 1. The first-order valence-corrected chi connectivity index (χ1v) is 8.59. The smallest absolute Gasteiger partial charge is 0.290 e. The highest BCUT2D eigenvalue weighted by atomic mass is 32.2. The molecule has 0 aliphatic carbocycles. The summed E-state index contributed by atoms with van der Waals surface area (Å²) < 4.78 is 24.3. The number of aryl methyl sites for hydroxylation is 1. The standard InChI is InChI=1S/C14H19N3O2S.CH2O2/c1-12-13(10-15-16-12)11-17(2)8-9-20(18,19)14-6-4-3-5-7-14;2-1-3/h3-7,10H,8-9,11H2,1-2H3,(H,15,16);1H,(H,2,3). The summed E-state index contributed by atoms with van der Waals surface area (Å²) in [5, 5.41) is 13.7. The summed E-state index contributed by atoms with van der Waals surface area (Å²) in [6, 6.07) is 8.56. The Balaban J connectivity index is 0.000000816. The zero-order valence-corrected chi connectivity index (χ0v) is 14.0. The highest BCUT2D eigenvalue weighted by molar-refractivity contribution is 7.91. The molecule has 0 amide bonds. The number of hydrogen-bond donors (Lipinski definition) is 2. The fourth-order valence-electron chi connectivity index (χ4n) is 1.93. The van der Waals surface area contributed by atoms with Crippen molar-refractivity contribution in [2.75, 3.05) is 19.3 Å². The summed E-state index contributed by atoms with van der Waals surface area (Å²) in [7, 11) is -1.30. The number of sulfone groups is 1. The van der Waals surface area contributed by atoms with Gasteiger partial charge in [-0.05, 0) is 26.1 Å². The molecule has 1 aromatic heterocycles. The van der Waals surface area contributed by atoms with Crippen LogP contribution in [-0.4, -0.2) is 54.4 Å². The molecule has 0 unspecified atom stereocenters. The predicted octanol–water partition coefficient (Wildman–Crippen LogP) is 1.32. The van der Waals surface area contributed by atoms with E-state index in [0.717, 1.165) is 11.3 Å². The summed E-state index contributed by atoms with van der Waals surface area (Å²) in [5.41, 5.74) is 2.10. The molecule has 1 heterocycles. The molecule has 126 valence electrons. The maximum absolute atomic E-state index is 12.2. The second kappa shape index (κ2) is 9.06. The molecule has 2 aromatic rings. The van der Waals surface area contributed by atoms with Crippen molar-refractivity contribution in [3.63, 3.8) is 0 Å². The van der Waals surface area contributed by atoms with Gasteiger partial charge in [0.1, 0.15) is 0 Å². The van der Waals surface area contributed by atoms with Gasteiger partial charge in [-0.1, -0.05) is 18.2 Å². The Bertz CT molecular complexity index is 699. The molecular formula is C15H21N3O4S. The number of hydrogen-bond acceptors (Lipinski definition) is 5. The third-order valence-electron chi connectivity index (χ3n) is 3.22. The number of rotatable bonds is 6. The molecule has 8 heteroatoms. The van der Waals surface area contributed by atoms with Crippen LogP contribution >= 0.6 is 0 Å². The average molecular weight is 339 g/mol. The Morgan fingerprint density at radius 1 is 1.30 bits per heavy atom. The quantitative estimate of drug-likeness (QED) is 0.770. The number of H-pyrrole nitrogens is 1. The number of benzene rings is 1. The molecule has 0 bridgehead atoms. The van der Waals surface area contributed by atoms with E-state index in [1.54, 1.807) is 30.5 Å². The van der Waals surface area contributed by atoms with Crippen molar-refractivity contribution >= 4 is 16.3 Å². The van der Waals surface area contributed by atoms with Gasteiger partial charge in [-0.3, -0.25) is 9.89 Å². The Morgan fingerprint density at radius 3 is 2.43 bits per heavy atom. The summed E-state index contributed by atoms with van der Waals surface area (Å²) in [6.45, 7) is 2.88. The second-order valence-electron chi connectivity index (χ2n) is 5.00. The molecule has 0 spiro atoms. The molecule has 0 radical (unpaired) electrons. The van der Waals surface area contributed by atoms with Crippen molar-refractivity contribution in [2.45, 2.75) is 18.4 Å². The first-order chi connectivity index (χ1) is 10.9. The SMILES string of the molecule is Cc1[nH]ncc1CN(C)CCS(=O)(=O)c1ccccc1.O=CO. The Labute approximate surface area is 135 Å². The van der Waals surface area contributed by atoms with Crippen LogP contribution in [0.5, 0.6) is 0 Å². The number of aromatic amines is 1. The Hall–Kier alpha value is -2.19. The van der Waals surface area contributed by atoms with Gasteiger partial charge in [-0.2, -0.15) is 5.10 Å². The van der Waals surface area contributed by atoms with E-state index in [4.69, 9.17) is 9.90 Å². The summed E-state index contributed by atoms with van der Waals surface area (Å²) in [5.74, 6) is 0.115. The van der Waals surface area contributed by atoms with Gasteiger partial charge in [0.25, 0.3) is 6.47 Å². The summed E-state index contributed by atoms with van der Waals surface area (Å²) in [6.07, 6.45) is 1.78. The van der Waals surface area contributed by atoms with Gasteiger partial charge >= 0.3 is 0 Å². The van der Waals surface area contributed by atoms with E-state index < -0.39 is 9.84 Å². The zero-order chi connectivity index (χ0) is 17.3. The van der Waals surface area contributed by atoms with Crippen LogP contribution < -0.4 is 0 Å². The zero-order valence-electron chi connectivity index (χ0n) is 13.1. The maximum atomic E-state index is 12.2. The first-order valence-electron chi connectivity index (χ1n) is 6.93. The van der Waals surface area contributed by atoms with Gasteiger partial charge in [0.2, 0.25) is 0 Å². The molecule has 0 fully saturated rings. The van der Waals surface area contributed by atoms with Crippen LogP contribution in [0.15, 0.2) is 41.4 Å². The molecule has 0 aliphatic heterocycles. The normalized spacial score (nSPS) is 10.9. The van der Waals surface area contributed by atoms with Crippen molar-refractivity contribution in [1.29, 1.82) is 0 Å².